The molecule has 102 valence electrons. The lowest BCUT2D eigenvalue weighted by Crippen LogP contribution is -2.63. The summed E-state index contributed by atoms with van der Waals surface area (Å²) in [5, 5.41) is 8.68. The van der Waals surface area contributed by atoms with Crippen LogP contribution in [0.3, 0.4) is 0 Å². The van der Waals surface area contributed by atoms with Gasteiger partial charge in [-0.25, -0.2) is 4.79 Å². The summed E-state index contributed by atoms with van der Waals surface area (Å²) in [5.41, 5.74) is -0.285. The van der Waals surface area contributed by atoms with Gasteiger partial charge < -0.3 is 19.6 Å². The van der Waals surface area contributed by atoms with E-state index in [9.17, 15) is 9.59 Å². The Labute approximate surface area is 106 Å². The van der Waals surface area contributed by atoms with Gasteiger partial charge in [-0.3, -0.25) is 4.79 Å². The Bertz CT molecular complexity index is 350. The van der Waals surface area contributed by atoms with Crippen LogP contribution in [-0.4, -0.2) is 65.3 Å². The van der Waals surface area contributed by atoms with Crippen LogP contribution < -0.4 is 0 Å². The average Bonchev–Trinajstić information content (AvgIpc) is 2.21. The molecule has 0 aromatic carbocycles. The number of ether oxygens (including phenoxy) is 1. The number of rotatable bonds is 2. The summed E-state index contributed by atoms with van der Waals surface area (Å²) in [6.45, 7) is 6.80. The molecule has 2 aliphatic rings. The normalized spacial score (nSPS) is 23.7. The minimum atomic E-state index is -0.793. The third-order valence-electron chi connectivity index (χ3n) is 3.57. The zero-order valence-corrected chi connectivity index (χ0v) is 10.9. The number of carbonyl (C=O) groups is 2. The van der Waals surface area contributed by atoms with Crippen molar-refractivity contribution in [1.29, 1.82) is 0 Å². The summed E-state index contributed by atoms with van der Waals surface area (Å²) in [7, 11) is 0. The van der Waals surface area contributed by atoms with Crippen molar-refractivity contribution in [3.8, 4) is 0 Å². The van der Waals surface area contributed by atoms with Gasteiger partial charge in [0.25, 0.3) is 0 Å². The number of nitrogens with zero attached hydrogens (tertiary/aromatic N) is 2. The van der Waals surface area contributed by atoms with Crippen molar-refractivity contribution in [3.63, 3.8) is 0 Å². The third-order valence-corrected chi connectivity index (χ3v) is 3.57. The van der Waals surface area contributed by atoms with Gasteiger partial charge >= 0.3 is 12.0 Å². The summed E-state index contributed by atoms with van der Waals surface area (Å²) >= 11 is 0. The number of hydrogen-bond acceptors (Lipinski definition) is 3. The molecule has 2 saturated heterocycles. The van der Waals surface area contributed by atoms with Crippen LogP contribution in [0.25, 0.3) is 0 Å². The Kier molecular flexibility index (Phi) is 3.47. The van der Waals surface area contributed by atoms with Gasteiger partial charge in [0.2, 0.25) is 0 Å². The summed E-state index contributed by atoms with van der Waals surface area (Å²) in [5.74, 6) is -0.686. The van der Waals surface area contributed by atoms with E-state index in [1.165, 1.54) is 0 Å². The zero-order valence-electron chi connectivity index (χ0n) is 10.9. The highest BCUT2D eigenvalue weighted by Crippen LogP contribution is 2.25. The molecule has 0 saturated carbocycles. The molecule has 2 heterocycles. The summed E-state index contributed by atoms with van der Waals surface area (Å²) in [4.78, 5) is 26.4. The minimum Gasteiger partial charge on any atom is -0.481 e. The Hall–Kier alpha value is -1.30. The molecule has 0 radical (unpaired) electrons. The van der Waals surface area contributed by atoms with Crippen LogP contribution in [0.4, 0.5) is 4.79 Å². The summed E-state index contributed by atoms with van der Waals surface area (Å²) in [6.07, 6.45) is 0.149. The molecule has 1 N–H and O–H groups in total. The fourth-order valence-corrected chi connectivity index (χ4v) is 2.49. The van der Waals surface area contributed by atoms with Crippen LogP contribution in [0.5, 0.6) is 0 Å². The van der Waals surface area contributed by atoms with Crippen molar-refractivity contribution in [1.82, 2.24) is 9.80 Å². The van der Waals surface area contributed by atoms with Gasteiger partial charge in [-0.1, -0.05) is 0 Å². The van der Waals surface area contributed by atoms with Gasteiger partial charge in [0, 0.05) is 25.6 Å². The SMILES string of the molecule is CC1(C)COCCN1C(=O)N1CC(CC(=O)O)C1. The van der Waals surface area contributed by atoms with Crippen molar-refractivity contribution in [3.05, 3.63) is 0 Å². The van der Waals surface area contributed by atoms with E-state index in [1.807, 2.05) is 18.7 Å². The molecule has 18 heavy (non-hydrogen) atoms. The third kappa shape index (κ3) is 2.58. The van der Waals surface area contributed by atoms with Crippen LogP contribution in [0.2, 0.25) is 0 Å². The van der Waals surface area contributed by atoms with E-state index in [4.69, 9.17) is 9.84 Å². The number of likely N-dealkylation sites (tertiary alicyclic amines) is 1. The highest BCUT2D eigenvalue weighted by molar-refractivity contribution is 5.77. The smallest absolute Gasteiger partial charge is 0.320 e. The maximum Gasteiger partial charge on any atom is 0.320 e. The van der Waals surface area contributed by atoms with E-state index in [0.29, 0.717) is 32.8 Å². The van der Waals surface area contributed by atoms with E-state index in [1.54, 1.807) is 4.90 Å². The second-order valence-electron chi connectivity index (χ2n) is 5.67. The minimum absolute atomic E-state index is 0.00457. The van der Waals surface area contributed by atoms with Crippen LogP contribution in [0, 0.1) is 5.92 Å². The van der Waals surface area contributed by atoms with Crippen molar-refractivity contribution >= 4 is 12.0 Å². The molecular formula is C12H20N2O4. The number of carboxylic acids is 1. The van der Waals surface area contributed by atoms with Gasteiger partial charge in [0.1, 0.15) is 0 Å². The molecule has 0 aromatic rings. The first-order valence-corrected chi connectivity index (χ1v) is 6.26. The van der Waals surface area contributed by atoms with Gasteiger partial charge in [-0.15, -0.1) is 0 Å². The van der Waals surface area contributed by atoms with Crippen molar-refractivity contribution in [2.24, 2.45) is 5.92 Å². The number of amides is 2. The molecule has 2 fully saturated rings. The number of carbonyl (C=O) groups excluding carboxylic acids is 1. The maximum atomic E-state index is 12.3. The lowest BCUT2D eigenvalue weighted by atomic mass is 9.96. The van der Waals surface area contributed by atoms with Crippen molar-refractivity contribution in [2.45, 2.75) is 25.8 Å². The van der Waals surface area contributed by atoms with Crippen LogP contribution >= 0.6 is 0 Å². The first kappa shape index (κ1) is 13.1. The van der Waals surface area contributed by atoms with E-state index in [0.717, 1.165) is 0 Å². The lowest BCUT2D eigenvalue weighted by Gasteiger charge is -2.48. The van der Waals surface area contributed by atoms with Gasteiger partial charge in [0.05, 0.1) is 25.2 Å². The first-order chi connectivity index (χ1) is 8.40. The van der Waals surface area contributed by atoms with E-state index in [2.05, 4.69) is 0 Å². The first-order valence-electron chi connectivity index (χ1n) is 6.26. The molecule has 0 aliphatic carbocycles. The molecule has 2 rings (SSSR count). The number of urea groups is 1. The summed E-state index contributed by atoms with van der Waals surface area (Å²) in [6, 6.07) is 0.00457. The lowest BCUT2D eigenvalue weighted by molar-refractivity contribution is -0.139. The molecule has 0 spiro atoms. The summed E-state index contributed by atoms with van der Waals surface area (Å²) < 4.78 is 5.38. The molecule has 6 heteroatoms. The van der Waals surface area contributed by atoms with Crippen molar-refractivity contribution in [2.75, 3.05) is 32.8 Å². The maximum absolute atomic E-state index is 12.3. The van der Waals surface area contributed by atoms with Gasteiger partial charge in [-0.05, 0) is 13.8 Å². The molecule has 0 bridgehead atoms. The fourth-order valence-electron chi connectivity index (χ4n) is 2.49. The molecule has 2 amide bonds. The highest BCUT2D eigenvalue weighted by Gasteiger charge is 2.40. The Morgan fingerprint density at radius 3 is 2.61 bits per heavy atom. The quantitative estimate of drug-likeness (QED) is 0.786. The van der Waals surface area contributed by atoms with E-state index >= 15 is 0 Å². The second kappa shape index (κ2) is 4.76. The molecule has 0 aromatic heterocycles. The Balaban J connectivity index is 1.87. The standard InChI is InChI=1S/C12H20N2O4/c1-12(2)8-18-4-3-14(12)11(17)13-6-9(7-13)5-10(15)16/h9H,3-8H2,1-2H3,(H,15,16). The van der Waals surface area contributed by atoms with Crippen molar-refractivity contribution < 1.29 is 19.4 Å². The van der Waals surface area contributed by atoms with Gasteiger partial charge in [-0.2, -0.15) is 0 Å². The number of aliphatic carboxylic acids is 1. The molecular weight excluding hydrogens is 236 g/mol. The monoisotopic (exact) mass is 256 g/mol. The topological polar surface area (TPSA) is 70.1 Å². The molecule has 0 atom stereocenters. The predicted molar refractivity (Wildman–Crippen MR) is 64.3 cm³/mol. The molecule has 2 aliphatic heterocycles. The zero-order chi connectivity index (χ0) is 13.3. The van der Waals surface area contributed by atoms with Crippen LogP contribution in [-0.2, 0) is 9.53 Å². The fraction of sp³-hybridized carbons (Fsp3) is 0.833. The number of hydrogen-bond donors (Lipinski definition) is 1. The molecule has 6 nitrogen and oxygen atoms in total. The average molecular weight is 256 g/mol. The van der Waals surface area contributed by atoms with E-state index < -0.39 is 5.97 Å². The predicted octanol–water partition coefficient (Wildman–Crippen LogP) is 0.624. The molecule has 0 unspecified atom stereocenters. The Morgan fingerprint density at radius 1 is 1.39 bits per heavy atom. The number of morpholine rings is 1. The van der Waals surface area contributed by atoms with Gasteiger partial charge in [0.15, 0.2) is 0 Å². The second-order valence-corrected chi connectivity index (χ2v) is 5.67. The van der Waals surface area contributed by atoms with E-state index in [-0.39, 0.29) is 23.9 Å². The number of carboxylic acid groups (broad SMARTS) is 1. The highest BCUT2D eigenvalue weighted by atomic mass is 16.5. The van der Waals surface area contributed by atoms with Crippen LogP contribution in [0.15, 0.2) is 0 Å². The Morgan fingerprint density at radius 2 is 2.06 bits per heavy atom. The van der Waals surface area contributed by atoms with Crippen LogP contribution in [0.1, 0.15) is 20.3 Å². The largest absolute Gasteiger partial charge is 0.481 e.